The van der Waals surface area contributed by atoms with Gasteiger partial charge in [0, 0.05) is 0 Å². The van der Waals surface area contributed by atoms with Gasteiger partial charge in [-0.1, -0.05) is 16.8 Å². The first-order valence-corrected chi connectivity index (χ1v) is 1.41. The van der Waals surface area contributed by atoms with Crippen LogP contribution in [0.1, 0.15) is 0 Å². The molecular formula is H8B2ClCuNa. The number of rotatable bonds is 0. The predicted molar refractivity (Wildman–Crippen MR) is 28.5 cm³/mol. The molecule has 0 aliphatic carbocycles. The van der Waals surface area contributed by atoms with Crippen molar-refractivity contribution in [3.8, 4) is 0 Å². The first-order chi connectivity index (χ1) is 1.00. The van der Waals surface area contributed by atoms with Crippen molar-refractivity contribution in [3.63, 3.8) is 0 Å². The maximum absolute atomic E-state index is 4.20. The number of hydrogen-bond donors (Lipinski definition) is 0. The molecule has 33 valence electrons. The Morgan fingerprint density at radius 3 is 1.00 bits per heavy atom. The van der Waals surface area contributed by atoms with E-state index < -0.39 is 0 Å². The summed E-state index contributed by atoms with van der Waals surface area (Å²) in [5.74, 6) is 0. The molecule has 0 nitrogen and oxygen atoms in total. The Labute approximate surface area is 70.9 Å². The van der Waals surface area contributed by atoms with Gasteiger partial charge in [0.1, 0.15) is 0 Å². The van der Waals surface area contributed by atoms with Crippen molar-refractivity contribution in [1.82, 2.24) is 0 Å². The Bertz CT molecular complexity index is 9.61. The summed E-state index contributed by atoms with van der Waals surface area (Å²) in [5, 5.41) is 0. The van der Waals surface area contributed by atoms with Crippen molar-refractivity contribution >= 4 is 26.9 Å². The van der Waals surface area contributed by atoms with Crippen LogP contribution in [0.2, 0.25) is 0 Å². The molecule has 5 heteroatoms. The van der Waals surface area contributed by atoms with E-state index in [0.717, 1.165) is 0 Å². The van der Waals surface area contributed by atoms with E-state index in [1.165, 1.54) is 0 Å². The Hall–Kier alpha value is 1.94. The fraction of sp³-hybridized carbons (Fsp3) is 0. The van der Waals surface area contributed by atoms with E-state index >= 15 is 0 Å². The molecule has 5 heavy (non-hydrogen) atoms. The van der Waals surface area contributed by atoms with Gasteiger partial charge in [0.2, 0.25) is 0 Å². The third kappa shape index (κ3) is 24.5. The molecule has 0 aromatic rings. The molecule has 0 bridgehead atoms. The number of halogens is 1. The van der Waals surface area contributed by atoms with Crippen LogP contribution in [0, 0.1) is 0 Å². The summed E-state index contributed by atoms with van der Waals surface area (Å²) in [7, 11) is 4.20. The van der Waals surface area contributed by atoms with Gasteiger partial charge in [-0.25, -0.2) is 0 Å². The van der Waals surface area contributed by atoms with Gasteiger partial charge >= 0.3 is 54.8 Å². The van der Waals surface area contributed by atoms with Gasteiger partial charge < -0.3 is 0 Å². The van der Waals surface area contributed by atoms with Crippen molar-refractivity contribution in [2.24, 2.45) is 0 Å². The molecule has 0 radical (unpaired) electrons. The van der Waals surface area contributed by atoms with Crippen LogP contribution in [0.15, 0.2) is 0 Å². The molecule has 0 aliphatic rings. The van der Waals surface area contributed by atoms with Crippen molar-refractivity contribution in [2.45, 2.75) is 0 Å². The van der Waals surface area contributed by atoms with Crippen LogP contribution in [0.4, 0.5) is 0 Å². The average Bonchev–Trinajstić information content (AvgIpc) is 1.00. The van der Waals surface area contributed by atoms with Crippen LogP contribution in [-0.2, 0) is 15.1 Å². The monoisotopic (exact) mass is 151 g/mol. The van der Waals surface area contributed by atoms with Gasteiger partial charge in [0.05, 0.1) is 0 Å². The Kier molecular flexibility index (Phi) is 218. The van der Waals surface area contributed by atoms with Gasteiger partial charge in [0.15, 0.2) is 0 Å². The zero-order chi connectivity index (χ0) is 2.00. The minimum atomic E-state index is 0. The fourth-order valence-corrected chi connectivity index (χ4v) is 0. The molecule has 0 atom stereocenters. The van der Waals surface area contributed by atoms with E-state index in [9.17, 15) is 0 Å². The van der Waals surface area contributed by atoms with Crippen molar-refractivity contribution in [3.05, 3.63) is 0 Å². The predicted octanol–water partition coefficient (Wildman–Crippen LogP) is -5.21. The molecule has 0 rings (SSSR count). The number of hydrogen-bond acceptors (Lipinski definition) is 0. The molecule has 0 saturated heterocycles. The third-order valence-corrected chi connectivity index (χ3v) is 0. The quantitative estimate of drug-likeness (QED) is 0.304. The summed E-state index contributed by atoms with van der Waals surface area (Å²) in [6, 6.07) is 0. The summed E-state index contributed by atoms with van der Waals surface area (Å²) in [6.07, 6.45) is 0. The van der Waals surface area contributed by atoms with Gasteiger partial charge in [0.25, 0.3) is 0 Å². The van der Waals surface area contributed by atoms with Gasteiger partial charge in [-0.15, -0.1) is 0 Å². The smallest absolute Gasteiger partial charge is 1.00 e. The Morgan fingerprint density at radius 1 is 1.00 bits per heavy atom. The second-order valence-electron chi connectivity index (χ2n) is 0. The fourth-order valence-electron chi connectivity index (χ4n) is 0. The van der Waals surface area contributed by atoms with Gasteiger partial charge in [-0.05, 0) is 0 Å². The van der Waals surface area contributed by atoms with Crippen LogP contribution in [0.3, 0.4) is 0 Å². The molecule has 0 aliphatic heterocycles. The first kappa shape index (κ1) is 28.3. The minimum absolute atomic E-state index is 0. The molecule has 0 N–H and O–H groups in total. The molecule has 0 spiro atoms. The molecule has 0 aromatic heterocycles. The summed E-state index contributed by atoms with van der Waals surface area (Å²) in [5.41, 5.74) is 0. The molecule has 0 aromatic carbocycles. The van der Waals surface area contributed by atoms with Gasteiger partial charge in [-0.3, -0.25) is 0 Å². The second kappa shape index (κ2) is 38.5. The molecule has 0 saturated carbocycles. The van der Waals surface area contributed by atoms with E-state index in [-0.39, 0.29) is 46.4 Å². The van der Waals surface area contributed by atoms with Crippen molar-refractivity contribution in [1.29, 1.82) is 0 Å². The van der Waals surface area contributed by atoms with Crippen LogP contribution >= 0.6 is 10.1 Å². The van der Waals surface area contributed by atoms with Crippen LogP contribution < -0.4 is 29.6 Å². The van der Waals surface area contributed by atoms with E-state index in [4.69, 9.17) is 0 Å². The topological polar surface area (TPSA) is 0 Å². The third-order valence-electron chi connectivity index (χ3n) is 0. The zero-order valence-electron chi connectivity index (χ0n) is 1.68. The SMILES string of the molecule is [BH4-].[BH4-].[Cl][Cu+].[Na+]. The molecule has 0 fully saturated rings. The largest absolute Gasteiger partial charge is 1.00 e. The van der Waals surface area contributed by atoms with Crippen LogP contribution in [0.5, 0.6) is 0 Å². The molecule has 0 amide bonds. The molecular weight excluding hydrogens is 144 g/mol. The molecule has 0 heterocycles. The van der Waals surface area contributed by atoms with Crippen molar-refractivity contribution < 1.29 is 44.7 Å². The van der Waals surface area contributed by atoms with E-state index in [0.29, 0.717) is 0 Å². The first-order valence-electron chi connectivity index (χ1n) is 0.114. The minimum Gasteiger partial charge on any atom is 1.00 e. The Morgan fingerprint density at radius 2 is 1.00 bits per heavy atom. The van der Waals surface area contributed by atoms with E-state index in [1.54, 1.807) is 0 Å². The molecule has 0 unspecified atom stereocenters. The maximum Gasteiger partial charge on any atom is 1.00 e. The van der Waals surface area contributed by atoms with E-state index in [2.05, 4.69) is 25.2 Å². The second-order valence-corrected chi connectivity index (χ2v) is 0. The summed E-state index contributed by atoms with van der Waals surface area (Å²) >= 11 is 3.66. The van der Waals surface area contributed by atoms with Gasteiger partial charge in [-0.2, -0.15) is 0 Å². The van der Waals surface area contributed by atoms with Crippen LogP contribution in [-0.4, -0.2) is 16.8 Å². The summed E-state index contributed by atoms with van der Waals surface area (Å²) < 4.78 is 0. The normalized spacial score (nSPS) is 1.40. The average molecular weight is 152 g/mol. The standard InChI is InChI=1S/2BH4.ClH.Cu.Na/h2*1H4;1H;;/q2*-1;;+2;+1/p-1. The summed E-state index contributed by atoms with van der Waals surface area (Å²) in [6.45, 7) is 0. The van der Waals surface area contributed by atoms with Crippen molar-refractivity contribution in [2.75, 3.05) is 0 Å². The zero-order valence-corrected chi connectivity index (χ0v) is 5.38. The Balaban J connectivity index is -0.00000000167. The van der Waals surface area contributed by atoms with Crippen LogP contribution in [0.25, 0.3) is 0 Å². The maximum atomic E-state index is 4.20. The van der Waals surface area contributed by atoms with E-state index in [1.807, 2.05) is 0 Å². The summed E-state index contributed by atoms with van der Waals surface area (Å²) in [4.78, 5) is 0.